The van der Waals surface area contributed by atoms with Crippen molar-refractivity contribution >= 4 is 11.8 Å². The van der Waals surface area contributed by atoms with Gasteiger partial charge < -0.3 is 14.2 Å². The Morgan fingerprint density at radius 3 is 2.50 bits per heavy atom. The van der Waals surface area contributed by atoms with Crippen molar-refractivity contribution in [2.24, 2.45) is 0 Å². The van der Waals surface area contributed by atoms with Gasteiger partial charge in [0, 0.05) is 12.5 Å². The minimum absolute atomic E-state index is 0.295. The summed E-state index contributed by atoms with van der Waals surface area (Å²) in [5.41, 5.74) is 1.14. The number of hydrogen-bond donors (Lipinski definition) is 0. The summed E-state index contributed by atoms with van der Waals surface area (Å²) in [7, 11) is 0. The Labute approximate surface area is 157 Å². The van der Waals surface area contributed by atoms with Gasteiger partial charge >= 0.3 is 0 Å². The predicted molar refractivity (Wildman–Crippen MR) is 103 cm³/mol. The first-order chi connectivity index (χ1) is 12.8. The van der Waals surface area contributed by atoms with Crippen LogP contribution in [-0.2, 0) is 11.3 Å². The molecule has 1 heterocycles. The first kappa shape index (κ1) is 17.0. The van der Waals surface area contributed by atoms with Gasteiger partial charge in [0.05, 0.1) is 16.4 Å². The van der Waals surface area contributed by atoms with Crippen LogP contribution in [0.4, 0.5) is 0 Å². The molecule has 1 aliphatic rings. The molecule has 0 radical (unpaired) electrons. The minimum Gasteiger partial charge on any atom is -0.465 e. The molecule has 3 nitrogen and oxygen atoms in total. The van der Waals surface area contributed by atoms with E-state index in [4.69, 9.17) is 14.2 Å². The van der Waals surface area contributed by atoms with Crippen molar-refractivity contribution in [3.05, 3.63) is 78.4 Å². The molecule has 1 atom stereocenters. The highest BCUT2D eigenvalue weighted by Gasteiger charge is 2.19. The molecule has 0 aliphatic carbocycles. The van der Waals surface area contributed by atoms with Gasteiger partial charge in [0.15, 0.2) is 6.29 Å². The first-order valence-corrected chi connectivity index (χ1v) is 9.54. The zero-order valence-electron chi connectivity index (χ0n) is 14.6. The summed E-state index contributed by atoms with van der Waals surface area (Å²) in [6.07, 6.45) is 0.472. The SMILES string of the molecule is CC[C@@H](OCc1ccccc1)Oc1ccc2c(c1)Oc1ccccc1S2. The maximum absolute atomic E-state index is 6.03. The van der Waals surface area contributed by atoms with Crippen LogP contribution in [0, 0.1) is 0 Å². The lowest BCUT2D eigenvalue weighted by Gasteiger charge is -2.22. The third-order valence-corrected chi connectivity index (χ3v) is 5.20. The van der Waals surface area contributed by atoms with Crippen molar-refractivity contribution < 1.29 is 14.2 Å². The van der Waals surface area contributed by atoms with Crippen LogP contribution in [0.2, 0.25) is 0 Å². The third kappa shape index (κ3) is 3.87. The number of hydrogen-bond acceptors (Lipinski definition) is 4. The monoisotopic (exact) mass is 364 g/mol. The lowest BCUT2D eigenvalue weighted by atomic mass is 10.2. The van der Waals surface area contributed by atoms with E-state index < -0.39 is 0 Å². The smallest absolute Gasteiger partial charge is 0.199 e. The second kappa shape index (κ2) is 7.85. The third-order valence-electron chi connectivity index (χ3n) is 4.08. The van der Waals surface area contributed by atoms with Crippen molar-refractivity contribution in [2.45, 2.75) is 36.0 Å². The van der Waals surface area contributed by atoms with E-state index in [0.717, 1.165) is 39.0 Å². The van der Waals surface area contributed by atoms with Gasteiger partial charge in [-0.2, -0.15) is 0 Å². The van der Waals surface area contributed by atoms with Gasteiger partial charge in [-0.3, -0.25) is 0 Å². The molecule has 0 spiro atoms. The van der Waals surface area contributed by atoms with Crippen molar-refractivity contribution in [1.29, 1.82) is 0 Å². The fourth-order valence-electron chi connectivity index (χ4n) is 2.73. The lowest BCUT2D eigenvalue weighted by Crippen LogP contribution is -2.19. The average molecular weight is 364 g/mol. The minimum atomic E-state index is -0.295. The Balaban J connectivity index is 1.43. The maximum Gasteiger partial charge on any atom is 0.199 e. The zero-order chi connectivity index (χ0) is 17.8. The van der Waals surface area contributed by atoms with Gasteiger partial charge in [-0.15, -0.1) is 0 Å². The number of fused-ring (bicyclic) bond motifs is 2. The van der Waals surface area contributed by atoms with Crippen LogP contribution in [0.15, 0.2) is 82.6 Å². The molecule has 26 heavy (non-hydrogen) atoms. The topological polar surface area (TPSA) is 27.7 Å². The highest BCUT2D eigenvalue weighted by molar-refractivity contribution is 7.99. The first-order valence-electron chi connectivity index (χ1n) is 8.73. The summed E-state index contributed by atoms with van der Waals surface area (Å²) in [6.45, 7) is 2.58. The molecular weight excluding hydrogens is 344 g/mol. The van der Waals surface area contributed by atoms with Crippen molar-refractivity contribution in [3.63, 3.8) is 0 Å². The number of ether oxygens (including phenoxy) is 3. The fraction of sp³-hybridized carbons (Fsp3) is 0.182. The quantitative estimate of drug-likeness (QED) is 0.377. The Morgan fingerprint density at radius 1 is 0.885 bits per heavy atom. The van der Waals surface area contributed by atoms with Crippen molar-refractivity contribution in [3.8, 4) is 17.2 Å². The van der Waals surface area contributed by atoms with E-state index >= 15 is 0 Å². The molecule has 132 valence electrons. The Bertz CT molecular complexity index is 880. The van der Waals surface area contributed by atoms with E-state index in [2.05, 4.69) is 13.0 Å². The second-order valence-corrected chi connectivity index (χ2v) is 7.10. The summed E-state index contributed by atoms with van der Waals surface area (Å²) < 4.78 is 18.0. The van der Waals surface area contributed by atoms with Crippen LogP contribution >= 0.6 is 11.8 Å². The van der Waals surface area contributed by atoms with Gasteiger partial charge in [-0.25, -0.2) is 0 Å². The van der Waals surface area contributed by atoms with Crippen LogP contribution in [0.1, 0.15) is 18.9 Å². The van der Waals surface area contributed by atoms with Gasteiger partial charge in [-0.1, -0.05) is 61.2 Å². The van der Waals surface area contributed by atoms with Crippen LogP contribution in [-0.4, -0.2) is 6.29 Å². The summed E-state index contributed by atoms with van der Waals surface area (Å²) in [5, 5.41) is 0. The fourth-order valence-corrected chi connectivity index (χ4v) is 3.66. The molecule has 0 bridgehead atoms. The largest absolute Gasteiger partial charge is 0.465 e. The van der Waals surface area contributed by atoms with E-state index in [9.17, 15) is 0 Å². The Hall–Kier alpha value is -2.43. The molecule has 0 aromatic heterocycles. The van der Waals surface area contributed by atoms with Gasteiger partial charge in [-0.05, 0) is 29.8 Å². The summed E-state index contributed by atoms with van der Waals surface area (Å²) >= 11 is 1.71. The maximum atomic E-state index is 6.03. The van der Waals surface area contributed by atoms with Crippen molar-refractivity contribution in [2.75, 3.05) is 0 Å². The second-order valence-electron chi connectivity index (χ2n) is 6.01. The summed E-state index contributed by atoms with van der Waals surface area (Å²) in [4.78, 5) is 2.22. The molecule has 0 unspecified atom stereocenters. The van der Waals surface area contributed by atoms with E-state index in [-0.39, 0.29) is 6.29 Å². The average Bonchev–Trinajstić information content (AvgIpc) is 2.70. The summed E-state index contributed by atoms with van der Waals surface area (Å²) in [5.74, 6) is 2.46. The highest BCUT2D eigenvalue weighted by atomic mass is 32.2. The molecule has 1 aliphatic heterocycles. The van der Waals surface area contributed by atoms with Crippen LogP contribution in [0.3, 0.4) is 0 Å². The Kier molecular flexibility index (Phi) is 5.14. The molecule has 0 N–H and O–H groups in total. The summed E-state index contributed by atoms with van der Waals surface area (Å²) in [6, 6.07) is 24.1. The standard InChI is InChI=1S/C22H20O3S/c1-2-22(23-15-16-8-4-3-5-9-16)24-17-12-13-21-19(14-17)25-18-10-6-7-11-20(18)26-21/h3-14,22H,2,15H2,1H3/t22-/m0/s1. The zero-order valence-corrected chi connectivity index (χ0v) is 15.4. The number of para-hydroxylation sites is 1. The molecule has 3 aromatic rings. The predicted octanol–water partition coefficient (Wildman–Crippen LogP) is 6.28. The van der Waals surface area contributed by atoms with Crippen LogP contribution in [0.25, 0.3) is 0 Å². The van der Waals surface area contributed by atoms with Gasteiger partial charge in [0.2, 0.25) is 0 Å². The van der Waals surface area contributed by atoms with Crippen molar-refractivity contribution in [1.82, 2.24) is 0 Å². The molecule has 0 amide bonds. The molecule has 0 fully saturated rings. The molecular formula is C22H20O3S. The van der Waals surface area contributed by atoms with Gasteiger partial charge in [0.1, 0.15) is 17.2 Å². The Morgan fingerprint density at radius 2 is 1.65 bits per heavy atom. The molecule has 4 heteroatoms. The molecule has 4 rings (SSSR count). The van der Waals surface area contributed by atoms with E-state index in [0.29, 0.717) is 6.61 Å². The van der Waals surface area contributed by atoms with Gasteiger partial charge in [0.25, 0.3) is 0 Å². The lowest BCUT2D eigenvalue weighted by molar-refractivity contribution is -0.0906. The number of benzene rings is 3. The van der Waals surface area contributed by atoms with Crippen LogP contribution in [0.5, 0.6) is 17.2 Å². The molecule has 0 saturated carbocycles. The van der Waals surface area contributed by atoms with Crippen LogP contribution < -0.4 is 9.47 Å². The highest BCUT2D eigenvalue weighted by Crippen LogP contribution is 2.47. The van der Waals surface area contributed by atoms with E-state index in [1.54, 1.807) is 11.8 Å². The van der Waals surface area contributed by atoms with E-state index in [1.165, 1.54) is 0 Å². The molecule has 3 aromatic carbocycles. The van der Waals surface area contributed by atoms with E-state index in [1.807, 2.05) is 66.7 Å². The molecule has 0 saturated heterocycles. The normalized spacial score (nSPS) is 13.3. The number of rotatable bonds is 6.